The summed E-state index contributed by atoms with van der Waals surface area (Å²) in [5, 5.41) is 10.4. The molecular formula is C21H20N2O3. The molecule has 0 aliphatic carbocycles. The van der Waals surface area contributed by atoms with Crippen LogP contribution in [0.25, 0.3) is 10.8 Å². The van der Waals surface area contributed by atoms with Crippen molar-refractivity contribution in [2.45, 2.75) is 26.4 Å². The van der Waals surface area contributed by atoms with Crippen LogP contribution in [0.5, 0.6) is 5.75 Å². The van der Waals surface area contributed by atoms with Crippen LogP contribution in [-0.2, 0) is 4.74 Å². The Hall–Kier alpha value is -3.21. The maximum Gasteiger partial charge on any atom is 0.514 e. The fourth-order valence-electron chi connectivity index (χ4n) is 2.38. The van der Waals surface area contributed by atoms with Gasteiger partial charge in [-0.1, -0.05) is 48.5 Å². The molecule has 0 aromatic heterocycles. The molecule has 0 N–H and O–H groups in total. The van der Waals surface area contributed by atoms with Gasteiger partial charge >= 0.3 is 6.16 Å². The Kier molecular flexibility index (Phi) is 4.98. The third kappa shape index (κ3) is 4.45. The van der Waals surface area contributed by atoms with Crippen LogP contribution in [0.4, 0.5) is 16.2 Å². The number of hydrogen-bond donors (Lipinski definition) is 0. The molecular weight excluding hydrogens is 328 g/mol. The first-order valence-electron chi connectivity index (χ1n) is 8.32. The van der Waals surface area contributed by atoms with Gasteiger partial charge in [-0.15, -0.1) is 5.11 Å². The molecule has 0 unspecified atom stereocenters. The fraction of sp³-hybridized carbons (Fsp3) is 0.190. The van der Waals surface area contributed by atoms with Crippen LogP contribution in [-0.4, -0.2) is 11.8 Å². The fourth-order valence-corrected chi connectivity index (χ4v) is 2.38. The molecule has 0 saturated carbocycles. The van der Waals surface area contributed by atoms with Gasteiger partial charge in [0.1, 0.15) is 11.3 Å². The maximum absolute atomic E-state index is 12.1. The van der Waals surface area contributed by atoms with Gasteiger partial charge < -0.3 is 9.47 Å². The standard InChI is InChI=1S/C21H20N2O3/c1-21(2,3)26-20(24)25-18-14-13-15-9-7-8-12-17(15)19(18)23-22-16-10-5-4-6-11-16/h4-14H,1-3H3. The van der Waals surface area contributed by atoms with Gasteiger partial charge in [-0.25, -0.2) is 4.79 Å². The van der Waals surface area contributed by atoms with Crippen molar-refractivity contribution in [3.05, 3.63) is 66.7 Å². The lowest BCUT2D eigenvalue weighted by Crippen LogP contribution is -2.26. The highest BCUT2D eigenvalue weighted by Gasteiger charge is 2.20. The van der Waals surface area contributed by atoms with E-state index in [2.05, 4.69) is 10.2 Å². The van der Waals surface area contributed by atoms with Crippen LogP contribution in [0, 0.1) is 0 Å². The molecule has 3 aromatic rings. The molecule has 0 fully saturated rings. The van der Waals surface area contributed by atoms with Crippen molar-refractivity contribution < 1.29 is 14.3 Å². The minimum atomic E-state index is -0.774. The summed E-state index contributed by atoms with van der Waals surface area (Å²) in [5.74, 6) is 0.303. The molecule has 5 heteroatoms. The van der Waals surface area contributed by atoms with Crippen molar-refractivity contribution in [2.75, 3.05) is 0 Å². The van der Waals surface area contributed by atoms with Gasteiger partial charge in [0.25, 0.3) is 0 Å². The van der Waals surface area contributed by atoms with Gasteiger partial charge in [0.2, 0.25) is 0 Å². The number of azo groups is 1. The van der Waals surface area contributed by atoms with E-state index >= 15 is 0 Å². The second-order valence-corrected chi connectivity index (χ2v) is 6.74. The Morgan fingerprint density at radius 2 is 1.54 bits per heavy atom. The minimum Gasteiger partial charge on any atom is -0.428 e. The summed E-state index contributed by atoms with van der Waals surface area (Å²) in [6.45, 7) is 5.35. The topological polar surface area (TPSA) is 60.2 Å². The molecule has 5 nitrogen and oxygen atoms in total. The smallest absolute Gasteiger partial charge is 0.428 e. The highest BCUT2D eigenvalue weighted by atomic mass is 16.7. The highest BCUT2D eigenvalue weighted by molar-refractivity contribution is 5.96. The normalized spacial score (nSPS) is 11.7. The quantitative estimate of drug-likeness (QED) is 0.305. The third-order valence-corrected chi connectivity index (χ3v) is 3.47. The number of carbonyl (C=O) groups is 1. The first kappa shape index (κ1) is 17.6. The van der Waals surface area contributed by atoms with E-state index in [9.17, 15) is 4.79 Å². The Morgan fingerprint density at radius 1 is 0.846 bits per heavy atom. The van der Waals surface area contributed by atoms with Crippen molar-refractivity contribution in [3.63, 3.8) is 0 Å². The van der Waals surface area contributed by atoms with Crippen LogP contribution in [0.2, 0.25) is 0 Å². The van der Waals surface area contributed by atoms with Crippen molar-refractivity contribution in [2.24, 2.45) is 10.2 Å². The van der Waals surface area contributed by atoms with E-state index in [0.717, 1.165) is 10.8 Å². The van der Waals surface area contributed by atoms with Crippen molar-refractivity contribution in [3.8, 4) is 5.75 Å². The molecule has 0 spiro atoms. The lowest BCUT2D eigenvalue weighted by molar-refractivity contribution is 0.0207. The number of nitrogens with zero attached hydrogens (tertiary/aromatic N) is 2. The molecule has 0 amide bonds. The lowest BCUT2D eigenvalue weighted by Gasteiger charge is -2.19. The van der Waals surface area contributed by atoms with E-state index in [-0.39, 0.29) is 0 Å². The van der Waals surface area contributed by atoms with Crippen LogP contribution in [0.3, 0.4) is 0 Å². The number of rotatable bonds is 3. The zero-order chi connectivity index (χ0) is 18.6. The zero-order valence-corrected chi connectivity index (χ0v) is 15.0. The van der Waals surface area contributed by atoms with E-state index < -0.39 is 11.8 Å². The van der Waals surface area contributed by atoms with E-state index in [0.29, 0.717) is 17.1 Å². The average Bonchev–Trinajstić information content (AvgIpc) is 2.60. The second kappa shape index (κ2) is 7.35. The lowest BCUT2D eigenvalue weighted by atomic mass is 10.1. The molecule has 0 aliphatic rings. The van der Waals surface area contributed by atoms with Gasteiger partial charge in [-0.2, -0.15) is 5.11 Å². The van der Waals surface area contributed by atoms with Crippen LogP contribution in [0.1, 0.15) is 20.8 Å². The van der Waals surface area contributed by atoms with Gasteiger partial charge in [0.05, 0.1) is 5.69 Å². The third-order valence-electron chi connectivity index (χ3n) is 3.47. The Balaban J connectivity index is 2.00. The second-order valence-electron chi connectivity index (χ2n) is 6.74. The first-order valence-corrected chi connectivity index (χ1v) is 8.32. The summed E-state index contributed by atoms with van der Waals surface area (Å²) in [5.41, 5.74) is 0.557. The number of fused-ring (bicyclic) bond motifs is 1. The maximum atomic E-state index is 12.1. The van der Waals surface area contributed by atoms with E-state index in [1.807, 2.05) is 60.7 Å². The van der Waals surface area contributed by atoms with Crippen LogP contribution in [0.15, 0.2) is 77.0 Å². The predicted molar refractivity (Wildman–Crippen MR) is 101 cm³/mol. The highest BCUT2D eigenvalue weighted by Crippen LogP contribution is 2.37. The molecule has 3 aromatic carbocycles. The molecule has 0 saturated heterocycles. The SMILES string of the molecule is CC(C)(C)OC(=O)Oc1ccc2ccccc2c1N=Nc1ccccc1. The minimum absolute atomic E-state index is 0.303. The number of benzene rings is 3. The van der Waals surface area contributed by atoms with E-state index in [4.69, 9.17) is 9.47 Å². The molecule has 3 rings (SSSR count). The van der Waals surface area contributed by atoms with Gasteiger partial charge in [-0.3, -0.25) is 0 Å². The van der Waals surface area contributed by atoms with E-state index in [1.165, 1.54) is 0 Å². The average molecular weight is 348 g/mol. The molecule has 0 radical (unpaired) electrons. The summed E-state index contributed by atoms with van der Waals surface area (Å²) in [4.78, 5) is 12.1. The van der Waals surface area contributed by atoms with Crippen molar-refractivity contribution in [1.29, 1.82) is 0 Å². The number of hydrogen-bond acceptors (Lipinski definition) is 5. The van der Waals surface area contributed by atoms with E-state index in [1.54, 1.807) is 26.8 Å². The van der Waals surface area contributed by atoms with Crippen LogP contribution >= 0.6 is 0 Å². The Bertz CT molecular complexity index is 944. The first-order chi connectivity index (χ1) is 12.4. The van der Waals surface area contributed by atoms with Gasteiger partial charge in [-0.05, 0) is 44.4 Å². The van der Waals surface area contributed by atoms with Crippen LogP contribution < -0.4 is 4.74 Å². The molecule has 132 valence electrons. The molecule has 26 heavy (non-hydrogen) atoms. The van der Waals surface area contributed by atoms with Crippen molar-refractivity contribution in [1.82, 2.24) is 0 Å². The summed E-state index contributed by atoms with van der Waals surface area (Å²) in [7, 11) is 0. The number of carbonyl (C=O) groups excluding carboxylic acids is 1. The zero-order valence-electron chi connectivity index (χ0n) is 15.0. The van der Waals surface area contributed by atoms with Gasteiger partial charge in [0.15, 0.2) is 5.75 Å². The largest absolute Gasteiger partial charge is 0.514 e. The summed E-state index contributed by atoms with van der Waals surface area (Å²) >= 11 is 0. The summed E-state index contributed by atoms with van der Waals surface area (Å²) in [6, 6.07) is 20.7. The Morgan fingerprint density at radius 3 is 2.27 bits per heavy atom. The van der Waals surface area contributed by atoms with Crippen molar-refractivity contribution >= 4 is 28.3 Å². The molecule has 0 heterocycles. The monoisotopic (exact) mass is 348 g/mol. The molecule has 0 bridgehead atoms. The summed E-state index contributed by atoms with van der Waals surface area (Å²) < 4.78 is 10.6. The number of ether oxygens (including phenoxy) is 2. The Labute approximate surface area is 152 Å². The summed E-state index contributed by atoms with van der Waals surface area (Å²) in [6.07, 6.45) is -0.774. The molecule has 0 atom stereocenters. The predicted octanol–water partition coefficient (Wildman–Crippen LogP) is 6.57. The van der Waals surface area contributed by atoms with Gasteiger partial charge in [0, 0.05) is 5.39 Å². The molecule has 0 aliphatic heterocycles.